The Morgan fingerprint density at radius 3 is 2.95 bits per heavy atom. The van der Waals surface area contributed by atoms with Gasteiger partial charge in [-0.25, -0.2) is 0 Å². The molecule has 0 amide bonds. The number of rotatable bonds is 5. The van der Waals surface area contributed by atoms with Crippen LogP contribution in [0.4, 0.5) is 0 Å². The van der Waals surface area contributed by atoms with E-state index in [1.54, 1.807) is 0 Å². The third kappa shape index (κ3) is 3.80. The molecular weight excluding hydrogens is 238 g/mol. The molecule has 0 saturated carbocycles. The van der Waals surface area contributed by atoms with E-state index < -0.39 is 0 Å². The number of para-hydroxylation sites is 1. The van der Waals surface area contributed by atoms with Gasteiger partial charge in [-0.1, -0.05) is 19.1 Å². The molecule has 0 aliphatic carbocycles. The fourth-order valence-electron chi connectivity index (χ4n) is 2.69. The van der Waals surface area contributed by atoms with E-state index in [0.29, 0.717) is 36.3 Å². The first-order valence-corrected chi connectivity index (χ1v) is 7.19. The normalized spacial score (nSPS) is 23.1. The SMILES string of the molecule is CCOc1ccccc1C(=O)CC1CC(C)CCN1. The van der Waals surface area contributed by atoms with Crippen LogP contribution in [-0.4, -0.2) is 25.0 Å². The first-order chi connectivity index (χ1) is 9.20. The van der Waals surface area contributed by atoms with Crippen molar-refractivity contribution in [1.29, 1.82) is 0 Å². The Balaban J connectivity index is 2.03. The zero-order chi connectivity index (χ0) is 13.7. The van der Waals surface area contributed by atoms with Crippen LogP contribution in [0, 0.1) is 5.92 Å². The van der Waals surface area contributed by atoms with Gasteiger partial charge in [0.05, 0.1) is 12.2 Å². The standard InChI is InChI=1S/C16H23NO2/c1-3-19-16-7-5-4-6-14(16)15(18)11-13-10-12(2)8-9-17-13/h4-7,12-13,17H,3,8-11H2,1-2H3. The maximum absolute atomic E-state index is 12.4. The molecule has 1 N–H and O–H groups in total. The molecule has 2 rings (SSSR count). The van der Waals surface area contributed by atoms with Crippen molar-refractivity contribution in [3.63, 3.8) is 0 Å². The Morgan fingerprint density at radius 1 is 1.42 bits per heavy atom. The molecule has 1 aromatic rings. The highest BCUT2D eigenvalue weighted by molar-refractivity contribution is 5.99. The van der Waals surface area contributed by atoms with Crippen molar-refractivity contribution in [2.45, 2.75) is 39.2 Å². The molecule has 1 aromatic carbocycles. The molecule has 3 heteroatoms. The predicted molar refractivity (Wildman–Crippen MR) is 76.7 cm³/mol. The van der Waals surface area contributed by atoms with Gasteiger partial charge in [0.25, 0.3) is 0 Å². The molecule has 0 aromatic heterocycles. The number of nitrogens with one attached hydrogen (secondary N) is 1. The second kappa shape index (κ2) is 6.71. The van der Waals surface area contributed by atoms with Crippen LogP contribution in [0.5, 0.6) is 5.75 Å². The Labute approximate surface area is 115 Å². The fourth-order valence-corrected chi connectivity index (χ4v) is 2.69. The highest BCUT2D eigenvalue weighted by atomic mass is 16.5. The molecule has 1 fully saturated rings. The van der Waals surface area contributed by atoms with E-state index in [2.05, 4.69) is 12.2 Å². The Kier molecular flexibility index (Phi) is 4.97. The summed E-state index contributed by atoms with van der Waals surface area (Å²) >= 11 is 0. The lowest BCUT2D eigenvalue weighted by Crippen LogP contribution is -2.38. The summed E-state index contributed by atoms with van der Waals surface area (Å²) in [5, 5.41) is 3.44. The molecule has 0 bridgehead atoms. The summed E-state index contributed by atoms with van der Waals surface area (Å²) in [6, 6.07) is 7.84. The van der Waals surface area contributed by atoms with Crippen molar-refractivity contribution in [2.75, 3.05) is 13.2 Å². The van der Waals surface area contributed by atoms with Crippen molar-refractivity contribution in [3.8, 4) is 5.75 Å². The highest BCUT2D eigenvalue weighted by Gasteiger charge is 2.22. The summed E-state index contributed by atoms with van der Waals surface area (Å²) in [6.45, 7) is 5.80. The van der Waals surface area contributed by atoms with Gasteiger partial charge in [0, 0.05) is 12.5 Å². The lowest BCUT2D eigenvalue weighted by atomic mass is 9.90. The highest BCUT2D eigenvalue weighted by Crippen LogP contribution is 2.23. The number of ether oxygens (including phenoxy) is 1. The van der Waals surface area contributed by atoms with E-state index in [-0.39, 0.29) is 5.78 Å². The second-order valence-corrected chi connectivity index (χ2v) is 5.34. The largest absolute Gasteiger partial charge is 0.493 e. The van der Waals surface area contributed by atoms with Crippen LogP contribution in [0.2, 0.25) is 0 Å². The van der Waals surface area contributed by atoms with Crippen LogP contribution in [-0.2, 0) is 0 Å². The summed E-state index contributed by atoms with van der Waals surface area (Å²) < 4.78 is 5.53. The predicted octanol–water partition coefficient (Wildman–Crippen LogP) is 3.05. The van der Waals surface area contributed by atoms with Gasteiger partial charge in [-0.05, 0) is 44.4 Å². The average Bonchev–Trinajstić information content (AvgIpc) is 2.39. The lowest BCUT2D eigenvalue weighted by molar-refractivity contribution is 0.0955. The van der Waals surface area contributed by atoms with Crippen molar-refractivity contribution >= 4 is 5.78 Å². The van der Waals surface area contributed by atoms with Crippen LogP contribution >= 0.6 is 0 Å². The quantitative estimate of drug-likeness (QED) is 0.828. The molecule has 104 valence electrons. The number of Topliss-reactive ketones (excluding diaryl/α,β-unsaturated/α-hetero) is 1. The van der Waals surface area contributed by atoms with Crippen molar-refractivity contribution in [3.05, 3.63) is 29.8 Å². The molecule has 3 nitrogen and oxygen atoms in total. The van der Waals surface area contributed by atoms with Crippen molar-refractivity contribution in [1.82, 2.24) is 5.32 Å². The summed E-state index contributed by atoms with van der Waals surface area (Å²) in [6.07, 6.45) is 2.86. The van der Waals surface area contributed by atoms with Gasteiger partial charge in [0.2, 0.25) is 0 Å². The summed E-state index contributed by atoms with van der Waals surface area (Å²) in [4.78, 5) is 12.4. The first kappa shape index (κ1) is 14.1. The van der Waals surface area contributed by atoms with E-state index in [4.69, 9.17) is 4.74 Å². The molecule has 0 radical (unpaired) electrons. The van der Waals surface area contributed by atoms with E-state index >= 15 is 0 Å². The number of carbonyl (C=O) groups excluding carboxylic acids is 1. The maximum atomic E-state index is 12.4. The van der Waals surface area contributed by atoms with Gasteiger partial charge in [-0.3, -0.25) is 4.79 Å². The Hall–Kier alpha value is -1.35. The molecule has 1 heterocycles. The maximum Gasteiger partial charge on any atom is 0.168 e. The topological polar surface area (TPSA) is 38.3 Å². The number of ketones is 1. The van der Waals surface area contributed by atoms with Crippen molar-refractivity contribution in [2.24, 2.45) is 5.92 Å². The monoisotopic (exact) mass is 261 g/mol. The molecule has 1 saturated heterocycles. The summed E-state index contributed by atoms with van der Waals surface area (Å²) in [7, 11) is 0. The first-order valence-electron chi connectivity index (χ1n) is 7.19. The third-order valence-electron chi connectivity index (χ3n) is 3.68. The number of benzene rings is 1. The Bertz CT molecular complexity index is 431. The number of hydrogen-bond donors (Lipinski definition) is 1. The van der Waals surface area contributed by atoms with Gasteiger partial charge in [-0.2, -0.15) is 0 Å². The zero-order valence-corrected chi connectivity index (χ0v) is 11.8. The molecule has 1 aliphatic heterocycles. The van der Waals surface area contributed by atoms with Gasteiger partial charge < -0.3 is 10.1 Å². The number of hydrogen-bond acceptors (Lipinski definition) is 3. The van der Waals surface area contributed by atoms with Gasteiger partial charge in [-0.15, -0.1) is 0 Å². The summed E-state index contributed by atoms with van der Waals surface area (Å²) in [5.41, 5.74) is 0.712. The molecule has 2 unspecified atom stereocenters. The van der Waals surface area contributed by atoms with E-state index in [1.165, 1.54) is 6.42 Å². The zero-order valence-electron chi connectivity index (χ0n) is 11.8. The van der Waals surface area contributed by atoms with Crippen LogP contribution in [0.1, 0.15) is 43.5 Å². The smallest absolute Gasteiger partial charge is 0.168 e. The van der Waals surface area contributed by atoms with Gasteiger partial charge in [0.15, 0.2) is 5.78 Å². The number of carbonyl (C=O) groups is 1. The molecule has 19 heavy (non-hydrogen) atoms. The Morgan fingerprint density at radius 2 is 2.21 bits per heavy atom. The van der Waals surface area contributed by atoms with E-state index in [1.807, 2.05) is 31.2 Å². The third-order valence-corrected chi connectivity index (χ3v) is 3.68. The van der Waals surface area contributed by atoms with Gasteiger partial charge >= 0.3 is 0 Å². The minimum Gasteiger partial charge on any atom is -0.493 e. The molecule has 1 aliphatic rings. The molecule has 0 spiro atoms. The van der Waals surface area contributed by atoms with Crippen LogP contribution in [0.3, 0.4) is 0 Å². The van der Waals surface area contributed by atoms with E-state index in [9.17, 15) is 4.79 Å². The second-order valence-electron chi connectivity index (χ2n) is 5.34. The molecular formula is C16H23NO2. The van der Waals surface area contributed by atoms with Crippen molar-refractivity contribution < 1.29 is 9.53 Å². The summed E-state index contributed by atoms with van der Waals surface area (Å²) in [5.74, 6) is 1.59. The minimum atomic E-state index is 0.177. The average molecular weight is 261 g/mol. The van der Waals surface area contributed by atoms with E-state index in [0.717, 1.165) is 13.0 Å². The minimum absolute atomic E-state index is 0.177. The van der Waals surface area contributed by atoms with Crippen LogP contribution < -0.4 is 10.1 Å². The van der Waals surface area contributed by atoms with Crippen LogP contribution in [0.15, 0.2) is 24.3 Å². The number of piperidine rings is 1. The molecule has 2 atom stereocenters. The fraction of sp³-hybridized carbons (Fsp3) is 0.562. The van der Waals surface area contributed by atoms with Gasteiger partial charge in [0.1, 0.15) is 5.75 Å². The van der Waals surface area contributed by atoms with Crippen LogP contribution in [0.25, 0.3) is 0 Å². The lowest BCUT2D eigenvalue weighted by Gasteiger charge is -2.27.